The van der Waals surface area contributed by atoms with E-state index in [1.165, 1.54) is 0 Å². The predicted octanol–water partition coefficient (Wildman–Crippen LogP) is 2.75. The Morgan fingerprint density at radius 2 is 1.68 bits per heavy atom. The van der Waals surface area contributed by atoms with Gasteiger partial charge < -0.3 is 23.9 Å². The third-order valence-electron chi connectivity index (χ3n) is 5.58. The van der Waals surface area contributed by atoms with E-state index in [0.29, 0.717) is 24.6 Å². The summed E-state index contributed by atoms with van der Waals surface area (Å²) in [5.74, 6) is -1.93. The van der Waals surface area contributed by atoms with E-state index in [1.807, 2.05) is 12.1 Å². The number of aryl methyl sites for hydroxylation is 1. The first kappa shape index (κ1) is 19.3. The van der Waals surface area contributed by atoms with Gasteiger partial charge in [0.05, 0.1) is 24.5 Å². The second kappa shape index (κ2) is 7.21. The monoisotopic (exact) mass is 421 g/mol. The lowest BCUT2D eigenvalue weighted by Crippen LogP contribution is -2.36. The second-order valence-corrected chi connectivity index (χ2v) is 7.49. The number of amides is 1. The molecule has 1 saturated heterocycles. The van der Waals surface area contributed by atoms with Crippen LogP contribution in [0.1, 0.15) is 54.0 Å². The van der Waals surface area contributed by atoms with Crippen LogP contribution in [0.5, 0.6) is 0 Å². The highest BCUT2D eigenvalue weighted by Crippen LogP contribution is 2.34. The molecule has 5 rings (SSSR count). The zero-order valence-corrected chi connectivity index (χ0v) is 17.0. The molecule has 31 heavy (non-hydrogen) atoms. The highest BCUT2D eigenvalue weighted by atomic mass is 16.5. The van der Waals surface area contributed by atoms with E-state index in [2.05, 4.69) is 15.4 Å². The molecule has 3 heterocycles. The van der Waals surface area contributed by atoms with Gasteiger partial charge in [0.15, 0.2) is 11.5 Å². The van der Waals surface area contributed by atoms with Gasteiger partial charge in [-0.15, -0.1) is 0 Å². The van der Waals surface area contributed by atoms with E-state index in [0.717, 1.165) is 18.8 Å². The molecular weight excluding hydrogens is 402 g/mol. The van der Waals surface area contributed by atoms with E-state index in [9.17, 15) is 14.4 Å². The van der Waals surface area contributed by atoms with Crippen LogP contribution in [0.4, 0.5) is 11.4 Å². The van der Waals surface area contributed by atoms with Gasteiger partial charge in [-0.25, -0.2) is 0 Å². The van der Waals surface area contributed by atoms with Crippen molar-refractivity contribution in [3.8, 4) is 0 Å². The molecule has 0 atom stereocenters. The minimum Gasteiger partial charge on any atom is -0.446 e. The number of fused-ring (bicyclic) bond motifs is 2. The Bertz CT molecular complexity index is 1210. The fourth-order valence-electron chi connectivity index (χ4n) is 3.95. The van der Waals surface area contributed by atoms with Crippen molar-refractivity contribution in [1.82, 2.24) is 5.16 Å². The molecule has 1 aliphatic carbocycles. The average Bonchev–Trinajstić information content (AvgIpc) is 3.34. The molecule has 1 aliphatic heterocycles. The zero-order valence-electron chi connectivity index (χ0n) is 17.0. The van der Waals surface area contributed by atoms with Crippen LogP contribution < -0.4 is 10.2 Å². The van der Waals surface area contributed by atoms with Crippen LogP contribution in [-0.4, -0.2) is 48.9 Å². The van der Waals surface area contributed by atoms with Gasteiger partial charge in [0.25, 0.3) is 5.91 Å². The lowest BCUT2D eigenvalue weighted by molar-refractivity contribution is 0.0932. The highest BCUT2D eigenvalue weighted by Gasteiger charge is 2.41. The van der Waals surface area contributed by atoms with Gasteiger partial charge >= 0.3 is 0 Å². The maximum Gasteiger partial charge on any atom is 0.291 e. The van der Waals surface area contributed by atoms with Crippen molar-refractivity contribution in [3.63, 3.8) is 0 Å². The summed E-state index contributed by atoms with van der Waals surface area (Å²) in [5, 5.41) is 6.46. The topological polar surface area (TPSA) is 115 Å². The van der Waals surface area contributed by atoms with Crippen molar-refractivity contribution in [2.24, 2.45) is 0 Å². The SMILES string of the molecule is Cc1noc2c1C(=O)c1oc(C(=O)Nc3ccc(N4CCOCC4)cc3)c(C)c1C2=O. The summed E-state index contributed by atoms with van der Waals surface area (Å²) in [7, 11) is 0. The first-order valence-corrected chi connectivity index (χ1v) is 9.89. The first-order valence-electron chi connectivity index (χ1n) is 9.89. The smallest absolute Gasteiger partial charge is 0.291 e. The normalized spacial score (nSPS) is 15.6. The second-order valence-electron chi connectivity index (χ2n) is 7.49. The maximum atomic E-state index is 12.8. The highest BCUT2D eigenvalue weighted by molar-refractivity contribution is 6.28. The fraction of sp³-hybridized carbons (Fsp3) is 0.273. The van der Waals surface area contributed by atoms with Gasteiger partial charge in [-0.1, -0.05) is 5.16 Å². The number of ketones is 2. The number of aromatic nitrogens is 1. The summed E-state index contributed by atoms with van der Waals surface area (Å²) in [4.78, 5) is 40.6. The number of hydrogen-bond donors (Lipinski definition) is 1. The minimum atomic E-state index is -0.543. The Morgan fingerprint density at radius 3 is 2.39 bits per heavy atom. The molecule has 9 heteroatoms. The molecule has 1 fully saturated rings. The summed E-state index contributed by atoms with van der Waals surface area (Å²) in [6, 6.07) is 7.42. The molecule has 1 amide bonds. The van der Waals surface area contributed by atoms with Crippen LogP contribution in [0.25, 0.3) is 0 Å². The molecule has 2 aromatic heterocycles. The molecule has 0 bridgehead atoms. The number of carbonyl (C=O) groups excluding carboxylic acids is 3. The van der Waals surface area contributed by atoms with Crippen molar-refractivity contribution >= 4 is 28.8 Å². The number of ether oxygens (including phenoxy) is 1. The van der Waals surface area contributed by atoms with Crippen molar-refractivity contribution < 1.29 is 28.1 Å². The van der Waals surface area contributed by atoms with Crippen LogP contribution in [0.2, 0.25) is 0 Å². The Morgan fingerprint density at radius 1 is 1.00 bits per heavy atom. The molecule has 2 aliphatic rings. The Balaban J connectivity index is 1.39. The standard InChI is InChI=1S/C22H19N3O6/c1-11-15-17(26)21-16(12(2)24-31-21)18(27)20(15)30-19(11)22(28)23-13-3-5-14(6-4-13)25-7-9-29-10-8-25/h3-6H,7-10H2,1-2H3,(H,23,28). The molecule has 158 valence electrons. The van der Waals surface area contributed by atoms with Crippen LogP contribution in [0.15, 0.2) is 33.2 Å². The van der Waals surface area contributed by atoms with E-state index < -0.39 is 17.5 Å². The lowest BCUT2D eigenvalue weighted by Gasteiger charge is -2.28. The number of morpholine rings is 1. The summed E-state index contributed by atoms with van der Waals surface area (Å²) in [6.07, 6.45) is 0. The molecule has 9 nitrogen and oxygen atoms in total. The Kier molecular flexibility index (Phi) is 4.48. The lowest BCUT2D eigenvalue weighted by atomic mass is 9.90. The largest absolute Gasteiger partial charge is 0.446 e. The van der Waals surface area contributed by atoms with Gasteiger partial charge in [0, 0.05) is 30.0 Å². The molecule has 1 N–H and O–H groups in total. The molecule has 0 spiro atoms. The summed E-state index contributed by atoms with van der Waals surface area (Å²) < 4.78 is 16.0. The third-order valence-corrected chi connectivity index (χ3v) is 5.58. The summed E-state index contributed by atoms with van der Waals surface area (Å²) in [5.41, 5.74) is 2.33. The van der Waals surface area contributed by atoms with Crippen molar-refractivity contribution in [2.75, 3.05) is 36.5 Å². The predicted molar refractivity (Wildman–Crippen MR) is 109 cm³/mol. The van der Waals surface area contributed by atoms with Gasteiger partial charge in [0.1, 0.15) is 5.56 Å². The van der Waals surface area contributed by atoms with Gasteiger partial charge in [-0.2, -0.15) is 0 Å². The summed E-state index contributed by atoms with van der Waals surface area (Å²) in [6.45, 7) is 6.15. The molecule has 0 unspecified atom stereocenters. The number of carbonyl (C=O) groups is 3. The van der Waals surface area contributed by atoms with Crippen LogP contribution in [0, 0.1) is 13.8 Å². The van der Waals surface area contributed by atoms with Crippen LogP contribution in [0.3, 0.4) is 0 Å². The number of rotatable bonds is 3. The van der Waals surface area contributed by atoms with Crippen molar-refractivity contribution in [1.29, 1.82) is 0 Å². The van der Waals surface area contributed by atoms with E-state index in [1.54, 1.807) is 26.0 Å². The number of nitrogens with one attached hydrogen (secondary N) is 1. The number of nitrogens with zero attached hydrogens (tertiary/aromatic N) is 2. The Labute approximate surface area is 176 Å². The molecule has 0 radical (unpaired) electrons. The number of hydrogen-bond acceptors (Lipinski definition) is 8. The molecule has 3 aromatic rings. The quantitative estimate of drug-likeness (QED) is 0.537. The number of anilines is 2. The van der Waals surface area contributed by atoms with Crippen molar-refractivity contribution in [3.05, 3.63) is 63.9 Å². The number of benzene rings is 1. The number of furan rings is 1. The molecule has 0 saturated carbocycles. The van der Waals surface area contributed by atoms with E-state index in [4.69, 9.17) is 13.7 Å². The van der Waals surface area contributed by atoms with Crippen molar-refractivity contribution in [2.45, 2.75) is 13.8 Å². The van der Waals surface area contributed by atoms with Gasteiger partial charge in [0.2, 0.25) is 17.3 Å². The molecule has 1 aromatic carbocycles. The Hall–Kier alpha value is -3.72. The first-order chi connectivity index (χ1) is 15.0. The maximum absolute atomic E-state index is 12.8. The van der Waals surface area contributed by atoms with E-state index >= 15 is 0 Å². The zero-order chi connectivity index (χ0) is 21.7. The summed E-state index contributed by atoms with van der Waals surface area (Å²) >= 11 is 0. The van der Waals surface area contributed by atoms with Crippen LogP contribution >= 0.6 is 0 Å². The molecular formula is C22H19N3O6. The average molecular weight is 421 g/mol. The fourth-order valence-corrected chi connectivity index (χ4v) is 3.95. The third kappa shape index (κ3) is 3.05. The van der Waals surface area contributed by atoms with E-state index in [-0.39, 0.29) is 34.0 Å². The van der Waals surface area contributed by atoms with Gasteiger partial charge in [-0.3, -0.25) is 14.4 Å². The minimum absolute atomic E-state index is 0.0430. The van der Waals surface area contributed by atoms with Crippen LogP contribution in [-0.2, 0) is 4.74 Å². The van der Waals surface area contributed by atoms with Gasteiger partial charge in [-0.05, 0) is 38.1 Å².